The van der Waals surface area contributed by atoms with Crippen LogP contribution in [0.4, 0.5) is 0 Å². The molecule has 134 valence electrons. The number of carbonyl (C=O) groups excluding carboxylic acids is 1. The Hall–Kier alpha value is -2.09. The lowest BCUT2D eigenvalue weighted by molar-refractivity contribution is 0.112. The van der Waals surface area contributed by atoms with Gasteiger partial charge in [0.25, 0.3) is 0 Å². The third kappa shape index (κ3) is 5.19. The zero-order valence-corrected chi connectivity index (χ0v) is 15.8. The highest BCUT2D eigenvalue weighted by Gasteiger charge is 2.13. The molecule has 0 aromatic heterocycles. The first-order valence-corrected chi connectivity index (χ1v) is 9.53. The van der Waals surface area contributed by atoms with Gasteiger partial charge in [-0.15, -0.1) is 0 Å². The summed E-state index contributed by atoms with van der Waals surface area (Å²) >= 11 is 0. The van der Waals surface area contributed by atoms with Gasteiger partial charge in [0.1, 0.15) is 18.6 Å². The summed E-state index contributed by atoms with van der Waals surface area (Å²) < 4.78 is 6.28. The quantitative estimate of drug-likeness (QED) is 0.501. The van der Waals surface area contributed by atoms with Crippen molar-refractivity contribution in [3.05, 3.63) is 64.2 Å². The lowest BCUT2D eigenvalue weighted by Gasteiger charge is -2.18. The second-order valence-electron chi connectivity index (χ2n) is 6.60. The predicted molar refractivity (Wildman–Crippen MR) is 105 cm³/mol. The van der Waals surface area contributed by atoms with Crippen molar-refractivity contribution in [2.75, 3.05) is 0 Å². The fraction of sp³-hybridized carbons (Fsp3) is 0.435. The number of carbonyl (C=O) groups is 1. The molecule has 2 nitrogen and oxygen atoms in total. The van der Waals surface area contributed by atoms with E-state index in [1.807, 2.05) is 24.3 Å². The molecule has 0 saturated heterocycles. The Morgan fingerprint density at radius 2 is 1.44 bits per heavy atom. The van der Waals surface area contributed by atoms with E-state index < -0.39 is 0 Å². The third-order valence-electron chi connectivity index (χ3n) is 4.43. The van der Waals surface area contributed by atoms with Crippen molar-refractivity contribution >= 4 is 6.29 Å². The molecule has 0 aliphatic rings. The molecule has 0 unspecified atom stereocenters. The molecule has 0 N–H and O–H groups in total. The summed E-state index contributed by atoms with van der Waals surface area (Å²) in [6.45, 7) is 7.07. The van der Waals surface area contributed by atoms with Crippen LogP contribution >= 0.6 is 0 Å². The molecule has 0 bridgehead atoms. The van der Waals surface area contributed by atoms with Crippen LogP contribution in [0.2, 0.25) is 0 Å². The van der Waals surface area contributed by atoms with E-state index in [2.05, 4.69) is 32.9 Å². The maximum Gasteiger partial charge on any atom is 0.150 e. The number of aldehydes is 1. The molecule has 2 aromatic rings. The highest BCUT2D eigenvalue weighted by atomic mass is 16.5. The average molecular weight is 338 g/mol. The van der Waals surface area contributed by atoms with Gasteiger partial charge in [0.2, 0.25) is 0 Å². The van der Waals surface area contributed by atoms with Gasteiger partial charge < -0.3 is 4.74 Å². The van der Waals surface area contributed by atoms with Gasteiger partial charge in [-0.3, -0.25) is 4.79 Å². The van der Waals surface area contributed by atoms with Crippen molar-refractivity contribution < 1.29 is 9.53 Å². The van der Waals surface area contributed by atoms with Crippen LogP contribution in [0.3, 0.4) is 0 Å². The summed E-state index contributed by atoms with van der Waals surface area (Å²) in [5.41, 5.74) is 5.68. The Morgan fingerprint density at radius 1 is 0.840 bits per heavy atom. The minimum atomic E-state index is 0.440. The van der Waals surface area contributed by atoms with E-state index in [4.69, 9.17) is 4.74 Å². The molecule has 0 radical (unpaired) electrons. The molecule has 25 heavy (non-hydrogen) atoms. The van der Waals surface area contributed by atoms with Crippen LogP contribution < -0.4 is 4.74 Å². The summed E-state index contributed by atoms with van der Waals surface area (Å²) in [4.78, 5) is 11.2. The third-order valence-corrected chi connectivity index (χ3v) is 4.43. The van der Waals surface area contributed by atoms with E-state index in [0.717, 1.165) is 56.1 Å². The van der Waals surface area contributed by atoms with E-state index in [0.29, 0.717) is 12.2 Å². The largest absolute Gasteiger partial charge is 0.488 e. The Bertz CT molecular complexity index is 661. The zero-order valence-electron chi connectivity index (χ0n) is 15.8. The molecule has 0 fully saturated rings. The first-order chi connectivity index (χ1) is 12.2. The molecular weight excluding hydrogens is 308 g/mol. The monoisotopic (exact) mass is 338 g/mol. The van der Waals surface area contributed by atoms with Crippen LogP contribution in [0.1, 0.15) is 72.6 Å². The van der Waals surface area contributed by atoms with Gasteiger partial charge in [0.15, 0.2) is 0 Å². The van der Waals surface area contributed by atoms with Gasteiger partial charge >= 0.3 is 0 Å². The van der Waals surface area contributed by atoms with E-state index in [9.17, 15) is 4.79 Å². The summed E-state index contributed by atoms with van der Waals surface area (Å²) in [6, 6.07) is 12.3. The van der Waals surface area contributed by atoms with Crippen molar-refractivity contribution in [2.24, 2.45) is 0 Å². The molecule has 0 aliphatic carbocycles. The van der Waals surface area contributed by atoms with Crippen molar-refractivity contribution in [2.45, 2.75) is 65.9 Å². The SMILES string of the molecule is CCCc1cc(CCC)c(OCc2ccccc2C=O)c(CCC)c1. The minimum absolute atomic E-state index is 0.440. The van der Waals surface area contributed by atoms with Crippen LogP contribution in [0.25, 0.3) is 0 Å². The molecule has 2 rings (SSSR count). The van der Waals surface area contributed by atoms with Crippen LogP contribution in [0.5, 0.6) is 5.75 Å². The number of aryl methyl sites for hydroxylation is 3. The molecule has 2 aromatic carbocycles. The number of hydrogen-bond acceptors (Lipinski definition) is 2. The first-order valence-electron chi connectivity index (χ1n) is 9.53. The normalized spacial score (nSPS) is 10.7. The Morgan fingerprint density at radius 3 is 2.00 bits per heavy atom. The van der Waals surface area contributed by atoms with Gasteiger partial charge in [-0.2, -0.15) is 0 Å². The highest BCUT2D eigenvalue weighted by Crippen LogP contribution is 2.30. The fourth-order valence-electron chi connectivity index (χ4n) is 3.29. The van der Waals surface area contributed by atoms with E-state index >= 15 is 0 Å². The van der Waals surface area contributed by atoms with E-state index in [1.54, 1.807) is 0 Å². The second kappa shape index (κ2) is 10.0. The number of rotatable bonds is 10. The summed E-state index contributed by atoms with van der Waals surface area (Å²) in [7, 11) is 0. The maximum absolute atomic E-state index is 11.2. The molecule has 0 atom stereocenters. The van der Waals surface area contributed by atoms with Crippen molar-refractivity contribution in [1.29, 1.82) is 0 Å². The molecule has 0 heterocycles. The van der Waals surface area contributed by atoms with E-state index in [1.165, 1.54) is 16.7 Å². The Labute approximate surface area is 152 Å². The van der Waals surface area contributed by atoms with Gasteiger partial charge in [-0.1, -0.05) is 76.4 Å². The van der Waals surface area contributed by atoms with Crippen molar-refractivity contribution in [3.8, 4) is 5.75 Å². The zero-order chi connectivity index (χ0) is 18.1. The lowest BCUT2D eigenvalue weighted by Crippen LogP contribution is -2.05. The topological polar surface area (TPSA) is 26.3 Å². The number of hydrogen-bond donors (Lipinski definition) is 0. The fourth-order valence-corrected chi connectivity index (χ4v) is 3.29. The molecule has 0 saturated carbocycles. The average Bonchev–Trinajstić information content (AvgIpc) is 2.62. The molecule has 0 amide bonds. The van der Waals surface area contributed by atoms with Crippen LogP contribution in [0, 0.1) is 0 Å². The van der Waals surface area contributed by atoms with Crippen molar-refractivity contribution in [1.82, 2.24) is 0 Å². The summed E-state index contributed by atoms with van der Waals surface area (Å²) in [5, 5.41) is 0. The predicted octanol–water partition coefficient (Wildman–Crippen LogP) is 5.94. The molecular formula is C23H30O2. The smallest absolute Gasteiger partial charge is 0.150 e. The minimum Gasteiger partial charge on any atom is -0.488 e. The van der Waals surface area contributed by atoms with Crippen LogP contribution in [0.15, 0.2) is 36.4 Å². The van der Waals surface area contributed by atoms with Gasteiger partial charge in [0.05, 0.1) is 0 Å². The van der Waals surface area contributed by atoms with Gasteiger partial charge in [-0.05, 0) is 41.5 Å². The van der Waals surface area contributed by atoms with Gasteiger partial charge in [-0.25, -0.2) is 0 Å². The first kappa shape index (κ1) is 19.2. The molecule has 2 heteroatoms. The number of ether oxygens (including phenoxy) is 1. The lowest BCUT2D eigenvalue weighted by atomic mass is 9.96. The molecule has 0 spiro atoms. The van der Waals surface area contributed by atoms with Crippen molar-refractivity contribution in [3.63, 3.8) is 0 Å². The Kier molecular flexibility index (Phi) is 7.72. The molecule has 0 aliphatic heterocycles. The van der Waals surface area contributed by atoms with E-state index in [-0.39, 0.29) is 0 Å². The van der Waals surface area contributed by atoms with Crippen LogP contribution in [-0.2, 0) is 25.9 Å². The Balaban J connectivity index is 2.34. The van der Waals surface area contributed by atoms with Gasteiger partial charge in [0, 0.05) is 5.56 Å². The highest BCUT2D eigenvalue weighted by molar-refractivity contribution is 5.77. The standard InChI is InChI=1S/C23H30O2/c1-4-9-18-14-19(10-5-2)23(20(15-18)11-6-3)25-17-22-13-8-7-12-21(22)16-24/h7-8,12-16H,4-6,9-11,17H2,1-3H3. The summed E-state index contributed by atoms with van der Waals surface area (Å²) in [5.74, 6) is 1.03. The number of benzene rings is 2. The second-order valence-corrected chi connectivity index (χ2v) is 6.60. The van der Waals surface area contributed by atoms with Crippen LogP contribution in [-0.4, -0.2) is 6.29 Å². The summed E-state index contributed by atoms with van der Waals surface area (Å²) in [6.07, 6.45) is 7.43. The maximum atomic E-state index is 11.2.